The van der Waals surface area contributed by atoms with Gasteiger partial charge in [0.25, 0.3) is 0 Å². The molecule has 2 aliphatic rings. The van der Waals surface area contributed by atoms with Crippen molar-refractivity contribution in [3.8, 4) is 0 Å². The first-order valence-electron chi connectivity index (χ1n) is 14.5. The molecule has 8 nitrogen and oxygen atoms in total. The Balaban J connectivity index is 1.000. The molecule has 4 N–H and O–H groups in total. The minimum atomic E-state index is -0.616. The molecule has 2 amide bonds. The molecular formula is C32H36N6O2. The van der Waals surface area contributed by atoms with E-state index in [9.17, 15) is 9.59 Å². The maximum Gasteiger partial charge on any atom is 0.309 e. The molecule has 0 aliphatic heterocycles. The summed E-state index contributed by atoms with van der Waals surface area (Å²) in [5.74, 6) is -1.23. The van der Waals surface area contributed by atoms with Crippen molar-refractivity contribution < 1.29 is 9.59 Å². The fourth-order valence-electron chi connectivity index (χ4n) is 6.04. The molecule has 0 unspecified atom stereocenters. The van der Waals surface area contributed by atoms with Crippen LogP contribution in [0.3, 0.4) is 0 Å². The Hall–Kier alpha value is -4.20. The highest BCUT2D eigenvalue weighted by Gasteiger charge is 2.20. The summed E-state index contributed by atoms with van der Waals surface area (Å²) in [4.78, 5) is 34.6. The van der Waals surface area contributed by atoms with Gasteiger partial charge in [0.1, 0.15) is 0 Å². The van der Waals surface area contributed by atoms with E-state index in [1.165, 1.54) is 35.4 Å². The number of benzene rings is 2. The highest BCUT2D eigenvalue weighted by Crippen LogP contribution is 2.34. The third-order valence-electron chi connectivity index (χ3n) is 7.97. The maximum atomic E-state index is 12.4. The average Bonchev–Trinajstić information content (AvgIpc) is 3.00. The van der Waals surface area contributed by atoms with Crippen molar-refractivity contribution >= 4 is 45.0 Å². The number of para-hydroxylation sites is 2. The normalized spacial score (nSPS) is 14.3. The largest absolute Gasteiger partial charge is 0.382 e. The van der Waals surface area contributed by atoms with Gasteiger partial charge in [0.05, 0.1) is 11.0 Å². The van der Waals surface area contributed by atoms with E-state index in [2.05, 4.69) is 33.4 Å². The summed E-state index contributed by atoms with van der Waals surface area (Å²) in [6, 6.07) is 16.3. The van der Waals surface area contributed by atoms with Crippen LogP contribution < -0.4 is 21.3 Å². The summed E-state index contributed by atoms with van der Waals surface area (Å²) in [6.07, 6.45) is 8.67. The van der Waals surface area contributed by atoms with Crippen LogP contribution in [0.4, 0.5) is 11.4 Å². The molecule has 2 aliphatic carbocycles. The highest BCUT2D eigenvalue weighted by atomic mass is 16.2. The van der Waals surface area contributed by atoms with Gasteiger partial charge in [0.2, 0.25) is 0 Å². The Morgan fingerprint density at radius 2 is 1.00 bits per heavy atom. The Bertz CT molecular complexity index is 1450. The van der Waals surface area contributed by atoms with Gasteiger partial charge in [0, 0.05) is 59.7 Å². The highest BCUT2D eigenvalue weighted by molar-refractivity contribution is 6.35. The molecule has 0 bridgehead atoms. The molecule has 40 heavy (non-hydrogen) atoms. The molecule has 0 fully saturated rings. The van der Waals surface area contributed by atoms with Crippen LogP contribution >= 0.6 is 0 Å². The van der Waals surface area contributed by atoms with Gasteiger partial charge in [-0.05, 0) is 74.6 Å². The van der Waals surface area contributed by atoms with Crippen LogP contribution in [0.15, 0.2) is 48.5 Å². The number of fused-ring (bicyclic) bond motifs is 4. The molecule has 6 rings (SSSR count). The number of carbonyl (C=O) groups excluding carboxylic acids is 2. The molecule has 2 heterocycles. The van der Waals surface area contributed by atoms with E-state index in [1.54, 1.807) is 0 Å². The fourth-order valence-corrected chi connectivity index (χ4v) is 6.04. The predicted molar refractivity (Wildman–Crippen MR) is 160 cm³/mol. The molecule has 2 aromatic heterocycles. The van der Waals surface area contributed by atoms with Crippen molar-refractivity contribution in [3.63, 3.8) is 0 Å². The van der Waals surface area contributed by atoms with Gasteiger partial charge >= 0.3 is 11.8 Å². The van der Waals surface area contributed by atoms with Crippen LogP contribution in [0.2, 0.25) is 0 Å². The lowest BCUT2D eigenvalue weighted by Gasteiger charge is -2.22. The molecular weight excluding hydrogens is 500 g/mol. The second-order valence-electron chi connectivity index (χ2n) is 10.6. The molecule has 4 aromatic rings. The first-order valence-corrected chi connectivity index (χ1v) is 14.5. The van der Waals surface area contributed by atoms with E-state index in [0.717, 1.165) is 71.7 Å². The van der Waals surface area contributed by atoms with Crippen LogP contribution in [0.5, 0.6) is 0 Å². The topological polar surface area (TPSA) is 108 Å². The third-order valence-corrected chi connectivity index (χ3v) is 7.97. The molecule has 206 valence electrons. The standard InChI is InChI=1S/C32H36N6O2/c39-31(35-19-17-33-29-21-9-1-5-13-25(21)37-26-14-6-2-10-22(26)29)32(40)36-20-18-34-30-23-11-3-7-15-27(23)38-28-16-8-4-12-24(28)30/h1,3,5,7,9,11,13,15H,2,4,6,8,10,12,14,16-20H2,(H,33,37)(H,34,38)(H,35,39)(H,36,40). The first kappa shape index (κ1) is 26.0. The van der Waals surface area contributed by atoms with E-state index in [0.29, 0.717) is 26.2 Å². The lowest BCUT2D eigenvalue weighted by atomic mass is 9.92. The summed E-state index contributed by atoms with van der Waals surface area (Å²) >= 11 is 0. The molecule has 0 saturated carbocycles. The average molecular weight is 537 g/mol. The summed E-state index contributed by atoms with van der Waals surface area (Å²) in [6.45, 7) is 1.76. The zero-order valence-electron chi connectivity index (χ0n) is 22.8. The quantitative estimate of drug-likeness (QED) is 0.198. The van der Waals surface area contributed by atoms with E-state index in [-0.39, 0.29) is 0 Å². The smallest absolute Gasteiger partial charge is 0.309 e. The summed E-state index contributed by atoms with van der Waals surface area (Å²) in [5, 5.41) is 14.7. The summed E-state index contributed by atoms with van der Waals surface area (Å²) < 4.78 is 0. The third kappa shape index (κ3) is 5.43. The number of aromatic nitrogens is 2. The summed E-state index contributed by atoms with van der Waals surface area (Å²) in [7, 11) is 0. The zero-order chi connectivity index (χ0) is 27.3. The second kappa shape index (κ2) is 11.9. The number of rotatable bonds is 8. The van der Waals surface area contributed by atoms with Crippen molar-refractivity contribution in [3.05, 3.63) is 71.0 Å². The van der Waals surface area contributed by atoms with Crippen LogP contribution in [0.25, 0.3) is 21.8 Å². The Morgan fingerprint density at radius 1 is 0.575 bits per heavy atom. The molecule has 0 radical (unpaired) electrons. The minimum absolute atomic E-state index is 0.352. The maximum absolute atomic E-state index is 12.4. The molecule has 0 saturated heterocycles. The monoisotopic (exact) mass is 536 g/mol. The van der Waals surface area contributed by atoms with Crippen LogP contribution in [-0.4, -0.2) is 48.0 Å². The zero-order valence-corrected chi connectivity index (χ0v) is 22.8. The van der Waals surface area contributed by atoms with Crippen molar-refractivity contribution in [1.82, 2.24) is 20.6 Å². The van der Waals surface area contributed by atoms with Crippen LogP contribution in [0, 0.1) is 0 Å². The Morgan fingerprint density at radius 3 is 1.48 bits per heavy atom. The minimum Gasteiger partial charge on any atom is -0.382 e. The Labute approximate surface area is 234 Å². The van der Waals surface area contributed by atoms with Crippen molar-refractivity contribution in [2.45, 2.75) is 51.4 Å². The van der Waals surface area contributed by atoms with E-state index in [1.807, 2.05) is 36.4 Å². The van der Waals surface area contributed by atoms with Crippen LogP contribution in [0.1, 0.15) is 48.2 Å². The number of amides is 2. The molecule has 0 atom stereocenters. The molecule has 0 spiro atoms. The number of aryl methyl sites for hydroxylation is 2. The van der Waals surface area contributed by atoms with E-state index < -0.39 is 11.8 Å². The lowest BCUT2D eigenvalue weighted by molar-refractivity contribution is -0.139. The van der Waals surface area contributed by atoms with Crippen molar-refractivity contribution in [1.29, 1.82) is 0 Å². The SMILES string of the molecule is O=C(NCCNc1c2c(nc3ccccc13)CCCC2)C(=O)NCCNc1c2c(nc3ccccc13)CCCC2. The number of hydrogen-bond acceptors (Lipinski definition) is 6. The summed E-state index contributed by atoms with van der Waals surface area (Å²) in [5.41, 5.74) is 9.10. The first-order chi connectivity index (χ1) is 19.7. The number of carbonyl (C=O) groups is 2. The molecule has 8 heteroatoms. The second-order valence-corrected chi connectivity index (χ2v) is 10.6. The number of anilines is 2. The Kier molecular flexibility index (Phi) is 7.75. The van der Waals surface area contributed by atoms with Gasteiger partial charge in [-0.1, -0.05) is 36.4 Å². The van der Waals surface area contributed by atoms with Gasteiger partial charge in [-0.25, -0.2) is 0 Å². The van der Waals surface area contributed by atoms with Crippen LogP contribution in [-0.2, 0) is 35.3 Å². The van der Waals surface area contributed by atoms with Crippen molar-refractivity contribution in [2.75, 3.05) is 36.8 Å². The van der Waals surface area contributed by atoms with Gasteiger partial charge in [-0.2, -0.15) is 0 Å². The van der Waals surface area contributed by atoms with E-state index in [4.69, 9.17) is 9.97 Å². The van der Waals surface area contributed by atoms with Crippen molar-refractivity contribution in [2.24, 2.45) is 0 Å². The number of pyridine rings is 2. The van der Waals surface area contributed by atoms with Gasteiger partial charge in [0.15, 0.2) is 0 Å². The van der Waals surface area contributed by atoms with Gasteiger partial charge < -0.3 is 21.3 Å². The van der Waals surface area contributed by atoms with E-state index >= 15 is 0 Å². The number of nitrogens with one attached hydrogen (secondary N) is 4. The lowest BCUT2D eigenvalue weighted by Crippen LogP contribution is -2.42. The van der Waals surface area contributed by atoms with Gasteiger partial charge in [-0.15, -0.1) is 0 Å². The predicted octanol–water partition coefficient (Wildman–Crippen LogP) is 4.30. The number of hydrogen-bond donors (Lipinski definition) is 4. The molecule has 2 aromatic carbocycles. The fraction of sp³-hybridized carbons (Fsp3) is 0.375. The van der Waals surface area contributed by atoms with Gasteiger partial charge in [-0.3, -0.25) is 19.6 Å². The number of nitrogens with zero attached hydrogens (tertiary/aromatic N) is 2.